The zero-order valence-corrected chi connectivity index (χ0v) is 23.4. The fraction of sp³-hybridized carbons (Fsp3) is 0.185. The molecule has 39 heavy (non-hydrogen) atoms. The summed E-state index contributed by atoms with van der Waals surface area (Å²) in [6.45, 7) is 0. The largest absolute Gasteiger partial charge is 0.447 e. The van der Waals surface area contributed by atoms with Crippen LogP contribution in [-0.2, 0) is 19.4 Å². The van der Waals surface area contributed by atoms with Gasteiger partial charge in [0.25, 0.3) is 11.8 Å². The molecule has 8 nitrogen and oxygen atoms in total. The zero-order valence-electron chi connectivity index (χ0n) is 20.3. The van der Waals surface area contributed by atoms with Gasteiger partial charge in [0.1, 0.15) is 15.9 Å². The number of fused-ring (bicyclic) bond motifs is 1. The smallest absolute Gasteiger partial charge is 0.330 e. The molecule has 0 bridgehead atoms. The number of halogens is 3. The van der Waals surface area contributed by atoms with E-state index in [1.165, 1.54) is 48.5 Å². The van der Waals surface area contributed by atoms with Crippen molar-refractivity contribution in [2.45, 2.75) is 18.6 Å². The van der Waals surface area contributed by atoms with Gasteiger partial charge < -0.3 is 4.74 Å². The third-order valence-electron chi connectivity index (χ3n) is 6.01. The number of carbonyl (C=O) groups is 4. The normalized spacial score (nSPS) is 14.6. The molecule has 1 aliphatic heterocycles. The Morgan fingerprint density at radius 2 is 1.41 bits per heavy atom. The maximum absolute atomic E-state index is 13.6. The Kier molecular flexibility index (Phi) is 8.46. The number of benzene rings is 3. The van der Waals surface area contributed by atoms with Crippen molar-refractivity contribution in [3.05, 3.63) is 104 Å². The summed E-state index contributed by atoms with van der Waals surface area (Å²) in [5, 5.41) is 0.417. The van der Waals surface area contributed by atoms with E-state index in [4.69, 9.17) is 39.5 Å². The Labute approximate surface area is 239 Å². The van der Waals surface area contributed by atoms with Crippen LogP contribution in [-0.4, -0.2) is 54.9 Å². The van der Waals surface area contributed by atoms with Gasteiger partial charge in [0.05, 0.1) is 26.9 Å². The van der Waals surface area contributed by atoms with Crippen molar-refractivity contribution < 1.29 is 32.3 Å². The Bertz CT molecular complexity index is 1530. The fourth-order valence-corrected chi connectivity index (χ4v) is 5.18. The van der Waals surface area contributed by atoms with Gasteiger partial charge >= 0.3 is 5.97 Å². The van der Waals surface area contributed by atoms with Gasteiger partial charge in [0.2, 0.25) is 5.78 Å². The monoisotopic (exact) mass is 607 g/mol. The molecular formula is C27H20Cl3NO7S. The third-order valence-corrected chi connectivity index (χ3v) is 7.96. The molecule has 0 saturated carbocycles. The van der Waals surface area contributed by atoms with Crippen LogP contribution in [0.1, 0.15) is 49.2 Å². The molecule has 0 radical (unpaired) electrons. The van der Waals surface area contributed by atoms with Crippen molar-refractivity contribution >= 4 is 68.2 Å². The van der Waals surface area contributed by atoms with Crippen LogP contribution in [0.15, 0.2) is 66.7 Å². The summed E-state index contributed by atoms with van der Waals surface area (Å²) in [7, 11) is -3.62. The van der Waals surface area contributed by atoms with Crippen LogP contribution < -0.4 is 0 Å². The number of hydrogen-bond acceptors (Lipinski definition) is 7. The van der Waals surface area contributed by atoms with Gasteiger partial charge in [-0.1, -0.05) is 77.3 Å². The van der Waals surface area contributed by atoms with Crippen LogP contribution in [0.25, 0.3) is 0 Å². The molecule has 0 spiro atoms. The van der Waals surface area contributed by atoms with Gasteiger partial charge in [0.15, 0.2) is 6.10 Å². The number of sulfone groups is 1. The average molecular weight is 609 g/mol. The summed E-state index contributed by atoms with van der Waals surface area (Å²) in [5.41, 5.74) is 0.328. The van der Waals surface area contributed by atoms with Gasteiger partial charge in [-0.15, -0.1) is 0 Å². The lowest BCUT2D eigenvalue weighted by Gasteiger charge is -2.27. The van der Waals surface area contributed by atoms with E-state index >= 15 is 0 Å². The maximum Gasteiger partial charge on any atom is 0.330 e. The van der Waals surface area contributed by atoms with Gasteiger partial charge in [0, 0.05) is 22.4 Å². The minimum atomic E-state index is -3.62. The van der Waals surface area contributed by atoms with Crippen LogP contribution in [0.3, 0.4) is 0 Å². The Balaban J connectivity index is 1.73. The van der Waals surface area contributed by atoms with E-state index in [2.05, 4.69) is 0 Å². The van der Waals surface area contributed by atoms with Crippen molar-refractivity contribution in [3.8, 4) is 0 Å². The maximum atomic E-state index is 13.6. The number of carbonyl (C=O) groups excluding carboxylic acids is 4. The molecule has 202 valence electrons. The summed E-state index contributed by atoms with van der Waals surface area (Å²) < 4.78 is 29.6. The van der Waals surface area contributed by atoms with Gasteiger partial charge in [-0.3, -0.25) is 19.3 Å². The van der Waals surface area contributed by atoms with Crippen molar-refractivity contribution in [1.29, 1.82) is 0 Å². The number of imide groups is 1. The Hall–Kier alpha value is -3.24. The molecule has 2 atom stereocenters. The van der Waals surface area contributed by atoms with Gasteiger partial charge in [-0.05, 0) is 30.7 Å². The van der Waals surface area contributed by atoms with Crippen LogP contribution in [0.5, 0.6) is 0 Å². The van der Waals surface area contributed by atoms with Crippen molar-refractivity contribution in [3.63, 3.8) is 0 Å². The van der Waals surface area contributed by atoms with Gasteiger partial charge in [-0.25, -0.2) is 13.2 Å². The summed E-state index contributed by atoms with van der Waals surface area (Å²) >= 11 is 18.0. The summed E-state index contributed by atoms with van der Waals surface area (Å²) in [5.74, 6) is -4.01. The number of ketones is 1. The number of rotatable bonds is 9. The molecule has 1 heterocycles. The van der Waals surface area contributed by atoms with E-state index < -0.39 is 57.7 Å². The SMILES string of the molecule is CS(=O)(=O)CC[C@@H](C(=O)O[C@H](C(=O)c1ccccc1)c1ccc(Cl)cc1)N1C(=O)c2cc(Cl)c(Cl)cc2C1=O. The van der Waals surface area contributed by atoms with E-state index in [-0.39, 0.29) is 32.3 Å². The predicted octanol–water partition coefficient (Wildman–Crippen LogP) is 5.21. The highest BCUT2D eigenvalue weighted by molar-refractivity contribution is 7.90. The second-order valence-corrected chi connectivity index (χ2v) is 12.3. The first-order valence-corrected chi connectivity index (χ1v) is 14.7. The molecule has 1 aliphatic rings. The molecule has 0 fully saturated rings. The first kappa shape index (κ1) is 28.8. The zero-order chi connectivity index (χ0) is 28.5. The highest BCUT2D eigenvalue weighted by Crippen LogP contribution is 2.34. The topological polar surface area (TPSA) is 115 Å². The number of hydrogen-bond donors (Lipinski definition) is 0. The molecule has 0 saturated heterocycles. The molecule has 3 aromatic carbocycles. The average Bonchev–Trinajstić information content (AvgIpc) is 3.12. The lowest BCUT2D eigenvalue weighted by molar-refractivity contribution is -0.152. The molecule has 2 amide bonds. The Morgan fingerprint density at radius 3 is 1.92 bits per heavy atom. The highest BCUT2D eigenvalue weighted by atomic mass is 35.5. The number of nitrogens with zero attached hydrogens (tertiary/aromatic N) is 1. The summed E-state index contributed by atoms with van der Waals surface area (Å²) in [6.07, 6.45) is -0.985. The quantitative estimate of drug-likeness (QED) is 0.186. The molecule has 0 aromatic heterocycles. The molecule has 0 N–H and O–H groups in total. The van der Waals surface area contributed by atoms with Gasteiger partial charge in [-0.2, -0.15) is 0 Å². The highest BCUT2D eigenvalue weighted by Gasteiger charge is 2.45. The van der Waals surface area contributed by atoms with Crippen molar-refractivity contribution in [1.82, 2.24) is 4.90 Å². The lowest BCUT2D eigenvalue weighted by Crippen LogP contribution is -2.47. The van der Waals surface area contributed by atoms with Crippen LogP contribution in [0.2, 0.25) is 15.1 Å². The first-order valence-electron chi connectivity index (χ1n) is 11.5. The van der Waals surface area contributed by atoms with Crippen LogP contribution in [0, 0.1) is 0 Å². The lowest BCUT2D eigenvalue weighted by atomic mass is 9.99. The van der Waals surface area contributed by atoms with E-state index in [0.29, 0.717) is 9.92 Å². The van der Waals surface area contributed by atoms with Crippen molar-refractivity contribution in [2.75, 3.05) is 12.0 Å². The summed E-state index contributed by atoms with van der Waals surface area (Å²) in [4.78, 5) is 54.2. The van der Waals surface area contributed by atoms with Crippen LogP contribution in [0.4, 0.5) is 0 Å². The molecule has 0 aliphatic carbocycles. The minimum absolute atomic E-state index is 0.0185. The van der Waals surface area contributed by atoms with E-state index in [0.717, 1.165) is 6.26 Å². The van der Waals surface area contributed by atoms with Crippen molar-refractivity contribution in [2.24, 2.45) is 0 Å². The second-order valence-electron chi connectivity index (χ2n) is 8.83. The van der Waals surface area contributed by atoms with E-state index in [1.54, 1.807) is 18.2 Å². The predicted molar refractivity (Wildman–Crippen MR) is 146 cm³/mol. The Morgan fingerprint density at radius 1 is 0.872 bits per heavy atom. The summed E-state index contributed by atoms with van der Waals surface area (Å²) in [6, 6.07) is 14.8. The first-order chi connectivity index (χ1) is 18.4. The minimum Gasteiger partial charge on any atom is -0.447 e. The fourth-order valence-electron chi connectivity index (χ4n) is 4.07. The van der Waals surface area contributed by atoms with Crippen LogP contribution >= 0.6 is 34.8 Å². The number of ether oxygens (including phenoxy) is 1. The molecule has 0 unspecified atom stereocenters. The third kappa shape index (κ3) is 6.33. The number of esters is 1. The number of amides is 2. The molecular weight excluding hydrogens is 589 g/mol. The molecule has 3 aromatic rings. The molecule has 4 rings (SSSR count). The number of Topliss-reactive ketones (excluding diaryl/α,β-unsaturated/α-hetero) is 1. The van der Waals surface area contributed by atoms with E-state index in [9.17, 15) is 27.6 Å². The van der Waals surface area contributed by atoms with E-state index in [1.807, 2.05) is 0 Å². The molecule has 12 heteroatoms. The standard InChI is InChI=1S/C27H20Cl3NO7S/c1-39(36,37)12-11-22(31-25(33)18-13-20(29)21(30)14-19(18)26(31)34)27(35)38-24(16-7-9-17(28)10-8-16)23(32)15-5-3-2-4-6-15/h2-10,13-14,22,24H,11-12H2,1H3/t22-,24-/m0/s1. The second kappa shape index (κ2) is 11.5.